The smallest absolute Gasteiger partial charge is 0.164 e. The van der Waals surface area contributed by atoms with Crippen LogP contribution in [0.2, 0.25) is 0 Å². The predicted octanol–water partition coefficient (Wildman–Crippen LogP) is 7.37. The number of fused-ring (bicyclic) bond motifs is 20. The first-order valence-corrected chi connectivity index (χ1v) is 13.0. The minimum atomic E-state index is 0. The van der Waals surface area contributed by atoms with Gasteiger partial charge in [0.2, 0.25) is 0 Å². The second-order valence-corrected chi connectivity index (χ2v) is 9.79. The van der Waals surface area contributed by atoms with Crippen molar-refractivity contribution in [3.05, 3.63) is 97.1 Å². The molecule has 199 valence electrons. The Morgan fingerprint density at radius 3 is 0.857 bits per heavy atom. The summed E-state index contributed by atoms with van der Waals surface area (Å²) in [5.41, 5.74) is 6.45. The molecule has 8 nitrogen and oxygen atoms in total. The van der Waals surface area contributed by atoms with E-state index in [4.69, 9.17) is 29.9 Å². The summed E-state index contributed by atoms with van der Waals surface area (Å²) in [4.78, 5) is 36.8. The number of nitrogens with one attached hydrogen (secondary N) is 2. The average molecular weight is 544 g/mol. The van der Waals surface area contributed by atoms with Gasteiger partial charge in [-0.25, -0.2) is 29.9 Å². The topological polar surface area (TPSA) is 109 Å². The second kappa shape index (κ2) is 9.45. The van der Waals surface area contributed by atoms with Crippen molar-refractivity contribution in [2.24, 2.45) is 0 Å². The predicted molar refractivity (Wildman–Crippen MR) is 171 cm³/mol. The van der Waals surface area contributed by atoms with Crippen LogP contribution in [0.25, 0.3) is 89.7 Å². The maximum Gasteiger partial charge on any atom is 0.164 e. The summed E-state index contributed by atoms with van der Waals surface area (Å²) < 4.78 is 0. The Balaban J connectivity index is 0.00000110. The van der Waals surface area contributed by atoms with Gasteiger partial charge in [0.15, 0.2) is 23.3 Å². The van der Waals surface area contributed by atoms with E-state index in [9.17, 15) is 0 Å². The SMILES string of the molecule is C.[2HH].[B].c1ccc2c(c1)-c1nc-2nc2[nH]c(nc3nc(nc4[nH]c(n1)c1ccccc41)-c1ccccc1-3)c1ccccc21. The molecular weight excluding hydrogens is 519 g/mol. The molecule has 9 heteroatoms. The summed E-state index contributed by atoms with van der Waals surface area (Å²) in [6.45, 7) is 0. The summed E-state index contributed by atoms with van der Waals surface area (Å²) in [6, 6.07) is 32.2. The fourth-order valence-electron chi connectivity index (χ4n) is 5.59. The van der Waals surface area contributed by atoms with Crippen molar-refractivity contribution in [2.45, 2.75) is 7.43 Å². The number of H-pyrrole nitrogens is 2. The standard InChI is InChI=1S/C32H18N8.CH4.B.H2/c1-2-10-18-17(9-1)25-33-26(18)38-28-21-13-5-6-14-22(21)30(35-28)40-32-24-16-8-7-15-23(24)31(36-32)39-29-20-12-4-3-11-19(20)27(34-29)37-25;;;/h1-16H,(H2,33,34,35,36,37,38,39,40);1H4;;1H/i;;;1+1. The number of benzene rings is 4. The first kappa shape index (κ1) is 25.3. The van der Waals surface area contributed by atoms with E-state index in [0.29, 0.717) is 45.9 Å². The van der Waals surface area contributed by atoms with Crippen LogP contribution in [0, 0.1) is 0 Å². The monoisotopic (exact) mass is 544 g/mol. The van der Waals surface area contributed by atoms with Crippen molar-refractivity contribution in [3.63, 3.8) is 0 Å². The Hall–Kier alpha value is -5.70. The zero-order valence-electron chi connectivity index (χ0n) is 21.5. The third kappa shape index (κ3) is 3.64. The van der Waals surface area contributed by atoms with Crippen LogP contribution in [0.1, 0.15) is 8.85 Å². The second-order valence-electron chi connectivity index (χ2n) is 9.79. The molecule has 9 rings (SSSR count). The first-order valence-electron chi connectivity index (χ1n) is 13.0. The highest BCUT2D eigenvalue weighted by molar-refractivity contribution is 6.06. The lowest BCUT2D eigenvalue weighted by atomic mass is 10.1. The lowest BCUT2D eigenvalue weighted by Crippen LogP contribution is -1.82. The Kier molecular flexibility index (Phi) is 5.69. The Labute approximate surface area is 243 Å². The Morgan fingerprint density at radius 1 is 0.357 bits per heavy atom. The van der Waals surface area contributed by atoms with Crippen LogP contribution in [-0.2, 0) is 0 Å². The van der Waals surface area contributed by atoms with Crippen LogP contribution >= 0.6 is 0 Å². The molecule has 0 unspecified atom stereocenters. The molecule has 0 amide bonds. The highest BCUT2D eigenvalue weighted by atomic mass is 15.1. The zero-order valence-corrected chi connectivity index (χ0v) is 21.5. The molecule has 5 heterocycles. The number of hydrogen-bond donors (Lipinski definition) is 2. The highest BCUT2D eigenvalue weighted by Gasteiger charge is 2.21. The van der Waals surface area contributed by atoms with E-state index in [1.165, 1.54) is 0 Å². The molecule has 42 heavy (non-hydrogen) atoms. The van der Waals surface area contributed by atoms with E-state index in [1.54, 1.807) is 0 Å². The molecule has 8 bridgehead atoms. The van der Waals surface area contributed by atoms with Crippen LogP contribution in [-0.4, -0.2) is 48.3 Å². The molecule has 0 saturated heterocycles. The van der Waals surface area contributed by atoms with Gasteiger partial charge < -0.3 is 9.97 Å². The van der Waals surface area contributed by atoms with Gasteiger partial charge in [0.1, 0.15) is 22.6 Å². The molecule has 2 aliphatic heterocycles. The summed E-state index contributed by atoms with van der Waals surface area (Å²) >= 11 is 0. The minimum Gasteiger partial charge on any atom is -0.324 e. The van der Waals surface area contributed by atoms with Crippen molar-refractivity contribution in [3.8, 4) is 45.6 Å². The molecule has 0 aliphatic carbocycles. The van der Waals surface area contributed by atoms with Crippen LogP contribution < -0.4 is 0 Å². The third-order valence-corrected chi connectivity index (χ3v) is 7.46. The highest BCUT2D eigenvalue weighted by Crippen LogP contribution is 2.36. The zero-order chi connectivity index (χ0) is 26.2. The number of hydrogen-bond acceptors (Lipinski definition) is 6. The van der Waals surface area contributed by atoms with Crippen molar-refractivity contribution < 1.29 is 1.43 Å². The molecular formula is C33H24BN8. The molecule has 7 aromatic rings. The Morgan fingerprint density at radius 2 is 0.595 bits per heavy atom. The van der Waals surface area contributed by atoms with Crippen molar-refractivity contribution in [2.75, 3.05) is 0 Å². The van der Waals surface area contributed by atoms with Gasteiger partial charge in [0.25, 0.3) is 0 Å². The fourth-order valence-corrected chi connectivity index (χ4v) is 5.59. The molecule has 0 saturated carbocycles. The Bertz CT molecular complexity index is 2040. The van der Waals surface area contributed by atoms with E-state index in [2.05, 4.69) is 9.97 Å². The van der Waals surface area contributed by atoms with Gasteiger partial charge in [-0.05, 0) is 0 Å². The van der Waals surface area contributed by atoms with Crippen LogP contribution in [0.5, 0.6) is 0 Å². The van der Waals surface area contributed by atoms with Gasteiger partial charge in [0.05, 0.1) is 0 Å². The quantitative estimate of drug-likeness (QED) is 0.193. The van der Waals surface area contributed by atoms with Crippen molar-refractivity contribution in [1.82, 2.24) is 39.9 Å². The average Bonchev–Trinajstić information content (AvgIpc) is 3.73. The van der Waals surface area contributed by atoms with Crippen molar-refractivity contribution in [1.29, 1.82) is 0 Å². The van der Waals surface area contributed by atoms with Gasteiger partial charge in [-0.1, -0.05) is 104 Å². The summed E-state index contributed by atoms with van der Waals surface area (Å²) in [5, 5.41) is 3.82. The third-order valence-electron chi connectivity index (χ3n) is 7.46. The van der Waals surface area contributed by atoms with Gasteiger partial charge in [-0.3, -0.25) is 0 Å². The van der Waals surface area contributed by atoms with Gasteiger partial charge in [0, 0.05) is 53.6 Å². The molecule has 0 atom stereocenters. The first-order chi connectivity index (χ1) is 19.8. The van der Waals surface area contributed by atoms with Gasteiger partial charge in [-0.15, -0.1) is 0 Å². The normalized spacial score (nSPS) is 11.4. The van der Waals surface area contributed by atoms with Crippen molar-refractivity contribution >= 4 is 52.5 Å². The molecule has 2 aliphatic rings. The molecule has 2 N–H and O–H groups in total. The van der Waals surface area contributed by atoms with Crippen LogP contribution in [0.3, 0.4) is 0 Å². The number of aromatic amines is 2. The number of nitrogens with zero attached hydrogens (tertiary/aromatic N) is 6. The maximum absolute atomic E-state index is 5.02. The number of rotatable bonds is 0. The number of aromatic nitrogens is 8. The van der Waals surface area contributed by atoms with Gasteiger partial charge >= 0.3 is 0 Å². The molecule has 3 radical (unpaired) electrons. The molecule has 0 fully saturated rings. The van der Waals surface area contributed by atoms with E-state index in [-0.39, 0.29) is 17.3 Å². The fraction of sp³-hybridized carbons (Fsp3) is 0.0303. The minimum absolute atomic E-state index is 0. The van der Waals surface area contributed by atoms with Crippen LogP contribution in [0.4, 0.5) is 0 Å². The molecule has 4 aromatic carbocycles. The van der Waals surface area contributed by atoms with E-state index >= 15 is 0 Å². The lowest BCUT2D eigenvalue weighted by Gasteiger charge is -1.96. The van der Waals surface area contributed by atoms with E-state index in [1.807, 2.05) is 97.1 Å². The summed E-state index contributed by atoms with van der Waals surface area (Å²) in [6.07, 6.45) is 0. The molecule has 0 spiro atoms. The van der Waals surface area contributed by atoms with E-state index in [0.717, 1.165) is 43.8 Å². The largest absolute Gasteiger partial charge is 0.324 e. The van der Waals surface area contributed by atoms with Gasteiger partial charge in [-0.2, -0.15) is 0 Å². The molecule has 3 aromatic heterocycles. The van der Waals surface area contributed by atoms with Crippen LogP contribution in [0.15, 0.2) is 97.1 Å². The lowest BCUT2D eigenvalue weighted by molar-refractivity contribution is 1.19. The maximum atomic E-state index is 5.02. The summed E-state index contributed by atoms with van der Waals surface area (Å²) in [7, 11) is 0. The summed E-state index contributed by atoms with van der Waals surface area (Å²) in [5.74, 6) is 2.39. The van der Waals surface area contributed by atoms with E-state index < -0.39 is 0 Å².